The first-order chi connectivity index (χ1) is 16.2. The highest BCUT2D eigenvalue weighted by molar-refractivity contribution is 6.10. The third kappa shape index (κ3) is 3.35. The third-order valence-corrected chi connectivity index (χ3v) is 6.95. The van der Waals surface area contributed by atoms with Gasteiger partial charge in [-0.2, -0.15) is 4.57 Å². The molecule has 0 fully saturated rings. The van der Waals surface area contributed by atoms with Crippen molar-refractivity contribution >= 4 is 22.1 Å². The van der Waals surface area contributed by atoms with Crippen molar-refractivity contribution in [3.63, 3.8) is 0 Å². The van der Waals surface area contributed by atoms with E-state index in [1.165, 1.54) is 27.9 Å². The summed E-state index contributed by atoms with van der Waals surface area (Å²) in [5.74, 6) is 1.94. The predicted octanol–water partition coefficient (Wildman–Crippen LogP) is 7.44. The molecule has 5 aromatic rings. The molecule has 0 aliphatic carbocycles. The molecule has 3 heterocycles. The van der Waals surface area contributed by atoms with Crippen LogP contribution in [0.25, 0.3) is 39.1 Å². The first-order valence-electron chi connectivity index (χ1n) is 12.2. The SMILES string of the molecule is Cc1ccc2c(n1)oc1c(-c3n(-c4c(C(C)C)cccc4C(C)C)cc[n+]3C)c(C)cc(C)c12. The van der Waals surface area contributed by atoms with Crippen LogP contribution < -0.4 is 4.57 Å². The number of hydrogen-bond acceptors (Lipinski definition) is 2. The van der Waals surface area contributed by atoms with Gasteiger partial charge in [-0.25, -0.2) is 9.55 Å². The first-order valence-corrected chi connectivity index (χ1v) is 12.2. The van der Waals surface area contributed by atoms with Crippen molar-refractivity contribution in [2.75, 3.05) is 0 Å². The highest BCUT2D eigenvalue weighted by atomic mass is 16.3. The zero-order valence-corrected chi connectivity index (χ0v) is 21.5. The van der Waals surface area contributed by atoms with Crippen molar-refractivity contribution in [3.8, 4) is 17.1 Å². The van der Waals surface area contributed by atoms with Gasteiger partial charge in [0.1, 0.15) is 23.6 Å². The molecule has 0 saturated heterocycles. The van der Waals surface area contributed by atoms with E-state index in [4.69, 9.17) is 9.40 Å². The van der Waals surface area contributed by atoms with E-state index in [1.807, 2.05) is 6.92 Å². The van der Waals surface area contributed by atoms with Crippen molar-refractivity contribution < 1.29 is 8.98 Å². The van der Waals surface area contributed by atoms with Gasteiger partial charge in [0.2, 0.25) is 5.71 Å². The van der Waals surface area contributed by atoms with E-state index in [-0.39, 0.29) is 0 Å². The van der Waals surface area contributed by atoms with E-state index in [2.05, 4.69) is 107 Å². The Morgan fingerprint density at radius 2 is 1.59 bits per heavy atom. The second-order valence-corrected chi connectivity index (χ2v) is 10.2. The van der Waals surface area contributed by atoms with Crippen LogP contribution in [0.5, 0.6) is 0 Å². The van der Waals surface area contributed by atoms with E-state index < -0.39 is 0 Å². The normalized spacial score (nSPS) is 12.1. The van der Waals surface area contributed by atoms with E-state index in [9.17, 15) is 0 Å². The molecule has 0 aliphatic rings. The minimum absolute atomic E-state index is 0.409. The standard InChI is InChI=1S/C30H34N3O/c1-17(2)22-10-9-11-23(18(3)4)27(22)33-15-14-32(8)30(33)26-20(6)16-19(5)25-24-13-12-21(7)31-29(24)34-28(25)26/h9-18H,1-8H3/q+1. The summed E-state index contributed by atoms with van der Waals surface area (Å²) in [6.07, 6.45) is 4.34. The second-order valence-electron chi connectivity index (χ2n) is 10.2. The maximum absolute atomic E-state index is 6.51. The molecule has 0 saturated carbocycles. The Labute approximate surface area is 201 Å². The molecule has 0 amide bonds. The summed E-state index contributed by atoms with van der Waals surface area (Å²) < 4.78 is 11.1. The molecule has 3 aromatic heterocycles. The van der Waals surface area contributed by atoms with Crippen LogP contribution in [0.4, 0.5) is 0 Å². The number of aromatic nitrogens is 3. The van der Waals surface area contributed by atoms with Crippen molar-refractivity contribution in [2.24, 2.45) is 7.05 Å². The highest BCUT2D eigenvalue weighted by Gasteiger charge is 2.30. The molecule has 0 spiro atoms. The summed E-state index contributed by atoms with van der Waals surface area (Å²) in [5.41, 5.74) is 10.1. The molecule has 0 N–H and O–H groups in total. The Bertz CT molecular complexity index is 1520. The lowest BCUT2D eigenvalue weighted by atomic mass is 9.92. The number of hydrogen-bond donors (Lipinski definition) is 0. The molecule has 0 radical (unpaired) electrons. The molecule has 5 rings (SSSR count). The molecule has 0 unspecified atom stereocenters. The zero-order chi connectivity index (χ0) is 24.3. The average Bonchev–Trinajstić information content (AvgIpc) is 3.33. The van der Waals surface area contributed by atoms with Gasteiger partial charge >= 0.3 is 0 Å². The van der Waals surface area contributed by atoms with Crippen LogP contribution >= 0.6 is 0 Å². The number of para-hydroxylation sites is 1. The quantitative estimate of drug-likeness (QED) is 0.266. The van der Waals surface area contributed by atoms with Crippen molar-refractivity contribution in [1.82, 2.24) is 9.55 Å². The summed E-state index contributed by atoms with van der Waals surface area (Å²) in [4.78, 5) is 4.70. The van der Waals surface area contributed by atoms with Crippen LogP contribution in [-0.2, 0) is 7.05 Å². The fraction of sp³-hybridized carbons (Fsp3) is 0.333. The number of pyridine rings is 1. The molecule has 4 heteroatoms. The molecule has 34 heavy (non-hydrogen) atoms. The molecule has 4 nitrogen and oxygen atoms in total. The topological polar surface area (TPSA) is 34.8 Å². The lowest BCUT2D eigenvalue weighted by Gasteiger charge is -2.18. The minimum Gasteiger partial charge on any atom is -0.437 e. The second kappa shape index (κ2) is 8.12. The van der Waals surface area contributed by atoms with Gasteiger partial charge in [0.15, 0.2) is 5.58 Å². The highest BCUT2D eigenvalue weighted by Crippen LogP contribution is 2.40. The van der Waals surface area contributed by atoms with Crippen LogP contribution in [0.3, 0.4) is 0 Å². The van der Waals surface area contributed by atoms with Crippen molar-refractivity contribution in [1.29, 1.82) is 0 Å². The van der Waals surface area contributed by atoms with Gasteiger partial charge in [-0.1, -0.05) is 52.0 Å². The smallest absolute Gasteiger partial charge is 0.297 e. The van der Waals surface area contributed by atoms with Gasteiger partial charge in [0.05, 0.1) is 7.05 Å². The van der Waals surface area contributed by atoms with Crippen LogP contribution in [0.1, 0.15) is 67.5 Å². The number of nitrogens with zero attached hydrogens (tertiary/aromatic N) is 3. The zero-order valence-electron chi connectivity index (χ0n) is 21.5. The lowest BCUT2D eigenvalue weighted by molar-refractivity contribution is -0.659. The molecule has 2 aromatic carbocycles. The summed E-state index contributed by atoms with van der Waals surface area (Å²) in [7, 11) is 2.12. The molecule has 0 bridgehead atoms. The summed E-state index contributed by atoms with van der Waals surface area (Å²) in [6, 6.07) is 13.2. The lowest BCUT2D eigenvalue weighted by Crippen LogP contribution is -2.29. The number of aryl methyl sites for hydroxylation is 4. The van der Waals surface area contributed by atoms with Crippen molar-refractivity contribution in [3.05, 3.63) is 76.7 Å². The van der Waals surface area contributed by atoms with Gasteiger partial charge in [-0.05, 0) is 55.9 Å². The third-order valence-electron chi connectivity index (χ3n) is 6.95. The van der Waals surface area contributed by atoms with E-state index in [1.54, 1.807) is 0 Å². The number of imidazole rings is 1. The minimum atomic E-state index is 0.409. The van der Waals surface area contributed by atoms with E-state index in [0.29, 0.717) is 17.5 Å². The summed E-state index contributed by atoms with van der Waals surface area (Å²) >= 11 is 0. The Hall–Kier alpha value is -3.40. The molecule has 174 valence electrons. The molecular weight excluding hydrogens is 418 g/mol. The van der Waals surface area contributed by atoms with Crippen LogP contribution in [0, 0.1) is 20.8 Å². The van der Waals surface area contributed by atoms with Crippen molar-refractivity contribution in [2.45, 2.75) is 60.3 Å². The number of furan rings is 1. The van der Waals surface area contributed by atoms with Gasteiger partial charge in [0, 0.05) is 27.6 Å². The Morgan fingerprint density at radius 3 is 2.24 bits per heavy atom. The van der Waals surface area contributed by atoms with Crippen LogP contribution in [0.15, 0.2) is 53.2 Å². The van der Waals surface area contributed by atoms with Gasteiger partial charge in [0.25, 0.3) is 5.82 Å². The molecular formula is C30H34N3O+. The molecule has 0 atom stereocenters. The largest absolute Gasteiger partial charge is 0.437 e. The number of rotatable bonds is 4. The average molecular weight is 453 g/mol. The summed E-state index contributed by atoms with van der Waals surface area (Å²) in [6.45, 7) is 15.4. The monoisotopic (exact) mass is 452 g/mol. The van der Waals surface area contributed by atoms with Crippen LogP contribution in [0.2, 0.25) is 0 Å². The van der Waals surface area contributed by atoms with Crippen LogP contribution in [-0.4, -0.2) is 9.55 Å². The van der Waals surface area contributed by atoms with Gasteiger partial charge in [-0.15, -0.1) is 0 Å². The van der Waals surface area contributed by atoms with E-state index in [0.717, 1.165) is 33.4 Å². The molecule has 0 aliphatic heterocycles. The Kier molecular flexibility index (Phi) is 5.35. The van der Waals surface area contributed by atoms with E-state index >= 15 is 0 Å². The Balaban J connectivity index is 1.91. The summed E-state index contributed by atoms with van der Waals surface area (Å²) in [5, 5.41) is 2.22. The fourth-order valence-corrected chi connectivity index (χ4v) is 5.31. The fourth-order valence-electron chi connectivity index (χ4n) is 5.31. The first kappa shape index (κ1) is 22.4. The maximum Gasteiger partial charge on any atom is 0.297 e. The maximum atomic E-state index is 6.51. The number of benzene rings is 2. The van der Waals surface area contributed by atoms with Gasteiger partial charge < -0.3 is 4.42 Å². The Morgan fingerprint density at radius 1 is 0.912 bits per heavy atom. The number of fused-ring (bicyclic) bond motifs is 3. The predicted molar refractivity (Wildman–Crippen MR) is 140 cm³/mol. The van der Waals surface area contributed by atoms with Gasteiger partial charge in [-0.3, -0.25) is 0 Å².